The molecule has 0 aromatic carbocycles. The molecule has 74 valence electrons. The molecule has 0 spiro atoms. The van der Waals surface area contributed by atoms with Crippen molar-refractivity contribution < 1.29 is 4.79 Å². The Kier molecular flexibility index (Phi) is 3.11. The van der Waals surface area contributed by atoms with E-state index in [0.717, 1.165) is 24.6 Å². The molecule has 2 aliphatic rings. The average Bonchev–Trinajstić information content (AvgIpc) is 2.99. The minimum Gasteiger partial charge on any atom is -0.340 e. The largest absolute Gasteiger partial charge is 0.340 e. The molecule has 1 saturated carbocycles. The van der Waals surface area contributed by atoms with Crippen LogP contribution < -0.4 is 5.32 Å². The summed E-state index contributed by atoms with van der Waals surface area (Å²) in [6.45, 7) is 2.43. The SMILES string of the molecule is O=C(CNC1CC1)N1CCSCC1. The predicted molar refractivity (Wildman–Crippen MR) is 54.9 cm³/mol. The summed E-state index contributed by atoms with van der Waals surface area (Å²) >= 11 is 1.94. The van der Waals surface area contributed by atoms with E-state index in [9.17, 15) is 4.79 Å². The van der Waals surface area contributed by atoms with Crippen LogP contribution in [0.25, 0.3) is 0 Å². The van der Waals surface area contributed by atoms with Crippen LogP contribution in [0.5, 0.6) is 0 Å². The number of nitrogens with one attached hydrogen (secondary N) is 1. The van der Waals surface area contributed by atoms with Crippen LogP contribution in [0.1, 0.15) is 12.8 Å². The minimum atomic E-state index is 0.284. The van der Waals surface area contributed by atoms with Crippen molar-refractivity contribution in [2.45, 2.75) is 18.9 Å². The monoisotopic (exact) mass is 200 g/mol. The highest BCUT2D eigenvalue weighted by atomic mass is 32.2. The van der Waals surface area contributed by atoms with Gasteiger partial charge >= 0.3 is 0 Å². The summed E-state index contributed by atoms with van der Waals surface area (Å²) in [7, 11) is 0. The van der Waals surface area contributed by atoms with Crippen molar-refractivity contribution in [1.82, 2.24) is 10.2 Å². The van der Waals surface area contributed by atoms with E-state index in [0.29, 0.717) is 12.6 Å². The van der Waals surface area contributed by atoms with E-state index >= 15 is 0 Å². The van der Waals surface area contributed by atoms with E-state index in [1.54, 1.807) is 0 Å². The van der Waals surface area contributed by atoms with Crippen molar-refractivity contribution in [2.75, 3.05) is 31.1 Å². The zero-order chi connectivity index (χ0) is 9.10. The van der Waals surface area contributed by atoms with Crippen LogP contribution in [0.15, 0.2) is 0 Å². The Balaban J connectivity index is 1.67. The predicted octanol–water partition coefficient (Wildman–Crippen LogP) is 0.314. The van der Waals surface area contributed by atoms with Crippen molar-refractivity contribution in [3.05, 3.63) is 0 Å². The molecule has 1 N–H and O–H groups in total. The Morgan fingerprint density at radius 3 is 2.69 bits per heavy atom. The molecule has 0 bridgehead atoms. The lowest BCUT2D eigenvalue weighted by Gasteiger charge is -2.26. The smallest absolute Gasteiger partial charge is 0.236 e. The van der Waals surface area contributed by atoms with E-state index < -0.39 is 0 Å². The molecule has 0 radical (unpaired) electrons. The van der Waals surface area contributed by atoms with Gasteiger partial charge in [0.05, 0.1) is 6.54 Å². The molecule has 0 unspecified atom stereocenters. The zero-order valence-corrected chi connectivity index (χ0v) is 8.61. The third-order valence-electron chi connectivity index (χ3n) is 2.48. The average molecular weight is 200 g/mol. The highest BCUT2D eigenvalue weighted by molar-refractivity contribution is 7.99. The molecule has 0 atom stereocenters. The van der Waals surface area contributed by atoms with Gasteiger partial charge in [-0.25, -0.2) is 0 Å². The fourth-order valence-electron chi connectivity index (χ4n) is 1.44. The van der Waals surface area contributed by atoms with Crippen LogP contribution in [-0.2, 0) is 4.79 Å². The second kappa shape index (κ2) is 4.33. The number of amides is 1. The first-order valence-corrected chi connectivity index (χ1v) is 6.10. The first kappa shape index (κ1) is 9.34. The van der Waals surface area contributed by atoms with E-state index in [4.69, 9.17) is 0 Å². The summed E-state index contributed by atoms with van der Waals surface area (Å²) < 4.78 is 0. The standard InChI is InChI=1S/C9H16N2OS/c12-9(7-10-8-1-2-8)11-3-5-13-6-4-11/h8,10H,1-7H2. The summed E-state index contributed by atoms with van der Waals surface area (Å²) in [5, 5.41) is 3.26. The number of nitrogens with zero attached hydrogens (tertiary/aromatic N) is 1. The molecular formula is C9H16N2OS. The maximum absolute atomic E-state index is 11.6. The summed E-state index contributed by atoms with van der Waals surface area (Å²) in [6, 6.07) is 0.642. The quantitative estimate of drug-likeness (QED) is 0.712. The van der Waals surface area contributed by atoms with Gasteiger partial charge in [0, 0.05) is 30.6 Å². The van der Waals surface area contributed by atoms with Gasteiger partial charge in [-0.3, -0.25) is 4.79 Å². The van der Waals surface area contributed by atoms with Crippen LogP contribution >= 0.6 is 11.8 Å². The van der Waals surface area contributed by atoms with Gasteiger partial charge in [-0.2, -0.15) is 11.8 Å². The Bertz CT molecular complexity index is 188. The van der Waals surface area contributed by atoms with Crippen molar-refractivity contribution in [1.29, 1.82) is 0 Å². The molecule has 4 heteroatoms. The second-order valence-corrected chi connectivity index (χ2v) is 4.87. The van der Waals surface area contributed by atoms with Gasteiger partial charge in [-0.05, 0) is 12.8 Å². The molecule has 2 fully saturated rings. The Morgan fingerprint density at radius 2 is 2.08 bits per heavy atom. The Hall–Kier alpha value is -0.220. The lowest BCUT2D eigenvalue weighted by molar-refractivity contribution is -0.129. The van der Waals surface area contributed by atoms with Crippen molar-refractivity contribution in [3.63, 3.8) is 0 Å². The van der Waals surface area contributed by atoms with Crippen LogP contribution in [0.4, 0.5) is 0 Å². The Labute approximate surface area is 83.2 Å². The fraction of sp³-hybridized carbons (Fsp3) is 0.889. The molecule has 1 amide bonds. The maximum Gasteiger partial charge on any atom is 0.236 e. The summed E-state index contributed by atoms with van der Waals surface area (Å²) in [5.74, 6) is 2.50. The van der Waals surface area contributed by atoms with E-state index in [2.05, 4.69) is 5.32 Å². The van der Waals surface area contributed by atoms with Gasteiger partial charge in [0.15, 0.2) is 0 Å². The first-order chi connectivity index (χ1) is 6.36. The van der Waals surface area contributed by atoms with Crippen LogP contribution in [-0.4, -0.2) is 48.0 Å². The maximum atomic E-state index is 11.6. The number of carbonyl (C=O) groups excluding carboxylic acids is 1. The number of rotatable bonds is 3. The van der Waals surface area contributed by atoms with E-state index in [1.807, 2.05) is 16.7 Å². The molecule has 1 aliphatic carbocycles. The van der Waals surface area contributed by atoms with Gasteiger partial charge in [-0.15, -0.1) is 0 Å². The Morgan fingerprint density at radius 1 is 1.38 bits per heavy atom. The van der Waals surface area contributed by atoms with E-state index in [1.165, 1.54) is 12.8 Å². The number of hydrogen-bond donors (Lipinski definition) is 1. The molecule has 0 aromatic heterocycles. The molecule has 1 saturated heterocycles. The number of carbonyl (C=O) groups is 1. The normalized spacial score (nSPS) is 23.2. The van der Waals surface area contributed by atoms with Gasteiger partial charge in [-0.1, -0.05) is 0 Å². The molecule has 13 heavy (non-hydrogen) atoms. The van der Waals surface area contributed by atoms with Gasteiger partial charge in [0.2, 0.25) is 5.91 Å². The summed E-state index contributed by atoms with van der Waals surface area (Å²) in [5.41, 5.74) is 0. The van der Waals surface area contributed by atoms with Crippen LogP contribution in [0.2, 0.25) is 0 Å². The van der Waals surface area contributed by atoms with Crippen molar-refractivity contribution in [3.8, 4) is 0 Å². The van der Waals surface area contributed by atoms with Gasteiger partial charge < -0.3 is 10.2 Å². The lowest BCUT2D eigenvalue weighted by atomic mass is 10.4. The second-order valence-electron chi connectivity index (χ2n) is 3.65. The highest BCUT2D eigenvalue weighted by Crippen LogP contribution is 2.18. The first-order valence-electron chi connectivity index (χ1n) is 4.95. The zero-order valence-electron chi connectivity index (χ0n) is 7.79. The van der Waals surface area contributed by atoms with E-state index in [-0.39, 0.29) is 5.91 Å². The molecule has 1 aliphatic heterocycles. The third kappa shape index (κ3) is 2.88. The van der Waals surface area contributed by atoms with Gasteiger partial charge in [0.1, 0.15) is 0 Å². The number of hydrogen-bond acceptors (Lipinski definition) is 3. The molecule has 3 nitrogen and oxygen atoms in total. The topological polar surface area (TPSA) is 32.3 Å². The minimum absolute atomic E-state index is 0.284. The summed E-state index contributed by atoms with van der Waals surface area (Å²) in [4.78, 5) is 13.6. The molecule has 0 aromatic rings. The van der Waals surface area contributed by atoms with Crippen LogP contribution in [0.3, 0.4) is 0 Å². The third-order valence-corrected chi connectivity index (χ3v) is 3.43. The molecule has 1 heterocycles. The molecule has 2 rings (SSSR count). The number of thioether (sulfide) groups is 1. The van der Waals surface area contributed by atoms with Crippen molar-refractivity contribution in [2.24, 2.45) is 0 Å². The highest BCUT2D eigenvalue weighted by Gasteiger charge is 2.23. The van der Waals surface area contributed by atoms with Crippen LogP contribution in [0, 0.1) is 0 Å². The molecular weight excluding hydrogens is 184 g/mol. The van der Waals surface area contributed by atoms with Gasteiger partial charge in [0.25, 0.3) is 0 Å². The fourth-order valence-corrected chi connectivity index (χ4v) is 2.35. The lowest BCUT2D eigenvalue weighted by Crippen LogP contribution is -2.43. The van der Waals surface area contributed by atoms with Crippen molar-refractivity contribution >= 4 is 17.7 Å². The summed E-state index contributed by atoms with van der Waals surface area (Å²) in [6.07, 6.45) is 2.51.